The van der Waals surface area contributed by atoms with Crippen LogP contribution in [0.2, 0.25) is 0 Å². The standard InChI is InChI=1S/C12H10FN/c1-9-8-14-12(13)7-11(9)10-5-3-2-4-6-10/h2-8H,1H3. The van der Waals surface area contributed by atoms with Crippen LogP contribution >= 0.6 is 0 Å². The second kappa shape index (κ2) is 3.58. The summed E-state index contributed by atoms with van der Waals surface area (Å²) in [4.78, 5) is 3.60. The zero-order valence-electron chi connectivity index (χ0n) is 7.87. The summed E-state index contributed by atoms with van der Waals surface area (Å²) in [5.74, 6) is -0.436. The van der Waals surface area contributed by atoms with Crippen molar-refractivity contribution in [3.8, 4) is 11.1 Å². The van der Waals surface area contributed by atoms with Gasteiger partial charge in [0, 0.05) is 12.3 Å². The molecule has 14 heavy (non-hydrogen) atoms. The minimum absolute atomic E-state index is 0.436. The zero-order chi connectivity index (χ0) is 9.97. The Kier molecular flexibility index (Phi) is 2.27. The van der Waals surface area contributed by atoms with E-state index in [-0.39, 0.29) is 0 Å². The number of rotatable bonds is 1. The average Bonchev–Trinajstić information content (AvgIpc) is 2.23. The maximum atomic E-state index is 12.9. The highest BCUT2D eigenvalue weighted by Crippen LogP contribution is 2.22. The van der Waals surface area contributed by atoms with Gasteiger partial charge >= 0.3 is 0 Å². The van der Waals surface area contributed by atoms with Crippen molar-refractivity contribution in [2.75, 3.05) is 0 Å². The third kappa shape index (κ3) is 1.64. The molecule has 0 spiro atoms. The highest BCUT2D eigenvalue weighted by molar-refractivity contribution is 5.66. The molecule has 1 nitrogen and oxygen atoms in total. The Balaban J connectivity index is 2.57. The lowest BCUT2D eigenvalue weighted by atomic mass is 10.0. The number of benzene rings is 1. The summed E-state index contributed by atoms with van der Waals surface area (Å²) in [6, 6.07) is 11.2. The van der Waals surface area contributed by atoms with Crippen molar-refractivity contribution in [1.82, 2.24) is 4.98 Å². The number of hydrogen-bond acceptors (Lipinski definition) is 1. The lowest BCUT2D eigenvalue weighted by Gasteiger charge is -2.04. The van der Waals surface area contributed by atoms with E-state index in [2.05, 4.69) is 4.98 Å². The topological polar surface area (TPSA) is 12.9 Å². The first kappa shape index (κ1) is 8.88. The minimum Gasteiger partial charge on any atom is -0.228 e. The largest absolute Gasteiger partial charge is 0.228 e. The second-order valence-corrected chi connectivity index (χ2v) is 3.19. The fraction of sp³-hybridized carbons (Fsp3) is 0.0833. The predicted molar refractivity (Wildman–Crippen MR) is 54.4 cm³/mol. The molecule has 0 atom stereocenters. The fourth-order valence-electron chi connectivity index (χ4n) is 1.43. The van der Waals surface area contributed by atoms with E-state index < -0.39 is 5.95 Å². The minimum atomic E-state index is -0.436. The maximum absolute atomic E-state index is 12.9. The Morgan fingerprint density at radius 3 is 2.57 bits per heavy atom. The Morgan fingerprint density at radius 2 is 1.86 bits per heavy atom. The molecule has 2 heteroatoms. The molecule has 0 bridgehead atoms. The number of aromatic nitrogens is 1. The van der Waals surface area contributed by atoms with Gasteiger partial charge < -0.3 is 0 Å². The smallest absolute Gasteiger partial charge is 0.213 e. The molecule has 0 amide bonds. The zero-order valence-corrected chi connectivity index (χ0v) is 7.87. The molecule has 0 saturated heterocycles. The highest BCUT2D eigenvalue weighted by atomic mass is 19.1. The monoisotopic (exact) mass is 187 g/mol. The Labute approximate surface area is 82.2 Å². The summed E-state index contributed by atoms with van der Waals surface area (Å²) in [5.41, 5.74) is 2.90. The first-order chi connectivity index (χ1) is 6.77. The Hall–Kier alpha value is -1.70. The van der Waals surface area contributed by atoms with Gasteiger partial charge in [-0.1, -0.05) is 30.3 Å². The number of hydrogen-bond donors (Lipinski definition) is 0. The van der Waals surface area contributed by atoms with E-state index in [9.17, 15) is 4.39 Å². The van der Waals surface area contributed by atoms with Crippen molar-refractivity contribution in [3.05, 3.63) is 54.1 Å². The van der Waals surface area contributed by atoms with Crippen molar-refractivity contribution in [3.63, 3.8) is 0 Å². The molecule has 0 unspecified atom stereocenters. The van der Waals surface area contributed by atoms with Gasteiger partial charge in [0.25, 0.3) is 0 Å². The molecule has 0 radical (unpaired) electrons. The molecule has 70 valence electrons. The molecule has 0 saturated carbocycles. The molecule has 1 heterocycles. The van der Waals surface area contributed by atoms with Gasteiger partial charge in [-0.3, -0.25) is 0 Å². The third-order valence-electron chi connectivity index (χ3n) is 2.15. The van der Waals surface area contributed by atoms with Crippen LogP contribution in [0.25, 0.3) is 11.1 Å². The number of aryl methyl sites for hydroxylation is 1. The second-order valence-electron chi connectivity index (χ2n) is 3.19. The van der Waals surface area contributed by atoms with E-state index in [1.165, 1.54) is 6.07 Å². The van der Waals surface area contributed by atoms with E-state index in [1.54, 1.807) is 6.20 Å². The number of halogens is 1. The molecule has 1 aromatic carbocycles. The Bertz CT molecular complexity index is 437. The Morgan fingerprint density at radius 1 is 1.14 bits per heavy atom. The highest BCUT2D eigenvalue weighted by Gasteiger charge is 2.02. The molecule has 0 N–H and O–H groups in total. The van der Waals surface area contributed by atoms with Gasteiger partial charge in [-0.15, -0.1) is 0 Å². The van der Waals surface area contributed by atoms with Crippen molar-refractivity contribution in [2.24, 2.45) is 0 Å². The third-order valence-corrected chi connectivity index (χ3v) is 2.15. The summed E-state index contributed by atoms with van der Waals surface area (Å²) < 4.78 is 12.9. The molecule has 0 aliphatic rings. The SMILES string of the molecule is Cc1cnc(F)cc1-c1ccccc1. The summed E-state index contributed by atoms with van der Waals surface area (Å²) >= 11 is 0. The normalized spacial score (nSPS) is 10.1. The van der Waals surface area contributed by atoms with Crippen LogP contribution in [0.1, 0.15) is 5.56 Å². The van der Waals surface area contributed by atoms with Gasteiger partial charge in [0.15, 0.2) is 0 Å². The lowest BCUT2D eigenvalue weighted by molar-refractivity contribution is 0.583. The number of pyridine rings is 1. The van der Waals surface area contributed by atoms with Gasteiger partial charge in [-0.05, 0) is 23.6 Å². The van der Waals surface area contributed by atoms with Crippen LogP contribution in [-0.2, 0) is 0 Å². The van der Waals surface area contributed by atoms with Crippen LogP contribution < -0.4 is 0 Å². The van der Waals surface area contributed by atoms with Gasteiger partial charge in [-0.2, -0.15) is 4.39 Å². The van der Waals surface area contributed by atoms with Gasteiger partial charge in [-0.25, -0.2) is 4.98 Å². The lowest BCUT2D eigenvalue weighted by Crippen LogP contribution is -1.88. The van der Waals surface area contributed by atoms with Crippen molar-refractivity contribution in [2.45, 2.75) is 6.92 Å². The van der Waals surface area contributed by atoms with Crippen LogP contribution in [0.15, 0.2) is 42.6 Å². The van der Waals surface area contributed by atoms with E-state index in [0.29, 0.717) is 0 Å². The predicted octanol–water partition coefficient (Wildman–Crippen LogP) is 3.20. The van der Waals surface area contributed by atoms with Crippen molar-refractivity contribution >= 4 is 0 Å². The summed E-state index contributed by atoms with van der Waals surface area (Å²) in [5, 5.41) is 0. The van der Waals surface area contributed by atoms with Crippen LogP contribution in [0, 0.1) is 12.9 Å². The summed E-state index contributed by atoms with van der Waals surface area (Å²) in [6.07, 6.45) is 1.55. The molecule has 2 aromatic rings. The molecular formula is C12H10FN. The molecule has 2 rings (SSSR count). The van der Waals surface area contributed by atoms with Gasteiger partial charge in [0.2, 0.25) is 5.95 Å². The van der Waals surface area contributed by atoms with Gasteiger partial charge in [0.05, 0.1) is 0 Å². The van der Waals surface area contributed by atoms with E-state index in [4.69, 9.17) is 0 Å². The summed E-state index contributed by atoms with van der Waals surface area (Å²) in [7, 11) is 0. The molecular weight excluding hydrogens is 177 g/mol. The van der Waals surface area contributed by atoms with Crippen LogP contribution in [0.4, 0.5) is 4.39 Å². The first-order valence-electron chi connectivity index (χ1n) is 4.45. The van der Waals surface area contributed by atoms with E-state index in [1.807, 2.05) is 37.3 Å². The van der Waals surface area contributed by atoms with E-state index in [0.717, 1.165) is 16.7 Å². The summed E-state index contributed by atoms with van der Waals surface area (Å²) in [6.45, 7) is 1.93. The molecule has 0 fully saturated rings. The molecule has 0 aliphatic carbocycles. The van der Waals surface area contributed by atoms with Crippen LogP contribution in [-0.4, -0.2) is 4.98 Å². The molecule has 1 aromatic heterocycles. The fourth-order valence-corrected chi connectivity index (χ4v) is 1.43. The van der Waals surface area contributed by atoms with E-state index >= 15 is 0 Å². The van der Waals surface area contributed by atoms with Crippen molar-refractivity contribution < 1.29 is 4.39 Å². The maximum Gasteiger partial charge on any atom is 0.213 e. The van der Waals surface area contributed by atoms with Crippen LogP contribution in [0.5, 0.6) is 0 Å². The quantitative estimate of drug-likeness (QED) is 0.625. The number of nitrogens with zero attached hydrogens (tertiary/aromatic N) is 1. The first-order valence-corrected chi connectivity index (χ1v) is 4.45. The van der Waals surface area contributed by atoms with Crippen LogP contribution in [0.3, 0.4) is 0 Å². The average molecular weight is 187 g/mol. The molecule has 0 aliphatic heterocycles. The van der Waals surface area contributed by atoms with Gasteiger partial charge in [0.1, 0.15) is 0 Å². The van der Waals surface area contributed by atoms with Crippen molar-refractivity contribution in [1.29, 1.82) is 0 Å².